The van der Waals surface area contributed by atoms with Crippen molar-refractivity contribution in [1.82, 2.24) is 14.7 Å². The number of aromatic nitrogens is 2. The molecule has 124 valence electrons. The summed E-state index contributed by atoms with van der Waals surface area (Å²) in [6.45, 7) is 3.30. The van der Waals surface area contributed by atoms with E-state index in [-0.39, 0.29) is 0 Å². The minimum Gasteiger partial charge on any atom is -0.492 e. The number of methoxy groups -OCH3 is 1. The van der Waals surface area contributed by atoms with Gasteiger partial charge in [-0.15, -0.1) is 0 Å². The van der Waals surface area contributed by atoms with Gasteiger partial charge in [-0.1, -0.05) is 6.07 Å². The van der Waals surface area contributed by atoms with Gasteiger partial charge in [0.2, 0.25) is 0 Å². The molecule has 2 aliphatic heterocycles. The molecule has 6 heteroatoms. The summed E-state index contributed by atoms with van der Waals surface area (Å²) in [5.41, 5.74) is 2.10. The third kappa shape index (κ3) is 2.17. The fraction of sp³-hybridized carbons (Fsp3) is 0.444. The zero-order chi connectivity index (χ0) is 16.1. The smallest absolute Gasteiger partial charge is 0.168 e. The summed E-state index contributed by atoms with van der Waals surface area (Å²) in [7, 11) is 1.75. The molecule has 2 fully saturated rings. The van der Waals surface area contributed by atoms with Gasteiger partial charge in [0, 0.05) is 29.9 Å². The number of hydrogen-bond acceptors (Lipinski definition) is 6. The standard InChI is InChI=1S/C18H20N4OS/c1-23-17-15(22-9-12-3-2-6-19-14(12)10-22)5-4-11-7-13-8-20-24-18(13)21-16(11)17/h4-5,7-8,12,14,19H,2-3,6,9-10H2,1H3/t12-,14+/m1/s1. The summed E-state index contributed by atoms with van der Waals surface area (Å²) in [5, 5.41) is 5.88. The number of pyridine rings is 1. The molecule has 0 unspecified atom stereocenters. The van der Waals surface area contributed by atoms with E-state index in [0.29, 0.717) is 6.04 Å². The van der Waals surface area contributed by atoms with Gasteiger partial charge in [0.1, 0.15) is 10.3 Å². The number of anilines is 1. The van der Waals surface area contributed by atoms with E-state index in [4.69, 9.17) is 9.72 Å². The van der Waals surface area contributed by atoms with Crippen molar-refractivity contribution >= 4 is 38.3 Å². The Morgan fingerprint density at radius 3 is 3.12 bits per heavy atom. The molecule has 3 aromatic rings. The predicted octanol–water partition coefficient (Wildman–Crippen LogP) is 3.04. The van der Waals surface area contributed by atoms with E-state index < -0.39 is 0 Å². The quantitative estimate of drug-likeness (QED) is 0.777. The summed E-state index contributed by atoms with van der Waals surface area (Å²) < 4.78 is 10.1. The molecule has 0 radical (unpaired) electrons. The van der Waals surface area contributed by atoms with Crippen molar-refractivity contribution in [2.45, 2.75) is 18.9 Å². The lowest BCUT2D eigenvalue weighted by molar-refractivity contribution is 0.340. The van der Waals surface area contributed by atoms with Crippen LogP contribution in [0.4, 0.5) is 5.69 Å². The predicted molar refractivity (Wildman–Crippen MR) is 98.2 cm³/mol. The van der Waals surface area contributed by atoms with E-state index in [9.17, 15) is 0 Å². The Morgan fingerprint density at radius 1 is 1.29 bits per heavy atom. The van der Waals surface area contributed by atoms with Crippen LogP contribution in [0.15, 0.2) is 24.4 Å². The molecule has 24 heavy (non-hydrogen) atoms. The topological polar surface area (TPSA) is 50.3 Å². The third-order valence-corrected chi connectivity index (χ3v) is 6.10. The number of ether oxygens (including phenoxy) is 1. The minimum absolute atomic E-state index is 0.607. The molecule has 0 spiro atoms. The molecule has 0 aliphatic carbocycles. The molecule has 2 aromatic heterocycles. The maximum atomic E-state index is 5.81. The van der Waals surface area contributed by atoms with E-state index in [2.05, 4.69) is 32.8 Å². The Labute approximate surface area is 144 Å². The number of fused-ring (bicyclic) bond motifs is 3. The van der Waals surface area contributed by atoms with E-state index >= 15 is 0 Å². The lowest BCUT2D eigenvalue weighted by Crippen LogP contribution is -2.40. The highest BCUT2D eigenvalue weighted by Gasteiger charge is 2.35. The number of hydrogen-bond donors (Lipinski definition) is 1. The van der Waals surface area contributed by atoms with E-state index in [0.717, 1.165) is 58.1 Å². The van der Waals surface area contributed by atoms with Crippen LogP contribution in [0.3, 0.4) is 0 Å². The molecule has 1 N–H and O–H groups in total. The fourth-order valence-corrected chi connectivity index (χ4v) is 4.81. The number of nitrogens with one attached hydrogen (secondary N) is 1. The SMILES string of the molecule is COc1c(N2C[C@H]3CCCN[C@H]3C2)ccc2cc3cnsc3nc12. The molecule has 2 saturated heterocycles. The first-order chi connectivity index (χ1) is 11.8. The Balaban J connectivity index is 1.61. The van der Waals surface area contributed by atoms with Crippen LogP contribution in [0.2, 0.25) is 0 Å². The van der Waals surface area contributed by atoms with E-state index in [1.54, 1.807) is 7.11 Å². The van der Waals surface area contributed by atoms with Crippen molar-refractivity contribution < 1.29 is 4.74 Å². The summed E-state index contributed by atoms with van der Waals surface area (Å²) in [5.74, 6) is 1.64. The number of benzene rings is 1. The van der Waals surface area contributed by atoms with Gasteiger partial charge < -0.3 is 15.0 Å². The van der Waals surface area contributed by atoms with Gasteiger partial charge in [-0.05, 0) is 49.0 Å². The van der Waals surface area contributed by atoms with Crippen LogP contribution in [-0.4, -0.2) is 42.1 Å². The number of piperidine rings is 1. The van der Waals surface area contributed by atoms with Gasteiger partial charge in [0.05, 0.1) is 19.0 Å². The van der Waals surface area contributed by atoms with Crippen LogP contribution < -0.4 is 15.0 Å². The van der Waals surface area contributed by atoms with Gasteiger partial charge in [0.15, 0.2) is 5.75 Å². The molecule has 0 bridgehead atoms. The van der Waals surface area contributed by atoms with E-state index in [1.807, 2.05) is 6.20 Å². The largest absolute Gasteiger partial charge is 0.492 e. The molecule has 5 rings (SSSR count). The Morgan fingerprint density at radius 2 is 2.25 bits per heavy atom. The maximum absolute atomic E-state index is 5.81. The van der Waals surface area contributed by atoms with Crippen molar-refractivity contribution in [3.05, 3.63) is 24.4 Å². The van der Waals surface area contributed by atoms with Crippen LogP contribution >= 0.6 is 11.5 Å². The second-order valence-corrected chi connectivity index (χ2v) is 7.55. The zero-order valence-electron chi connectivity index (χ0n) is 13.7. The Hall–Kier alpha value is -1.92. The van der Waals surface area contributed by atoms with Crippen LogP contribution in [0.1, 0.15) is 12.8 Å². The molecule has 1 aromatic carbocycles. The summed E-state index contributed by atoms with van der Waals surface area (Å²) in [6.07, 6.45) is 4.49. The second-order valence-electron chi connectivity index (χ2n) is 6.77. The normalized spacial score (nSPS) is 23.8. The summed E-state index contributed by atoms with van der Waals surface area (Å²) in [4.78, 5) is 8.25. The highest BCUT2D eigenvalue weighted by molar-refractivity contribution is 7.12. The van der Waals surface area contributed by atoms with Crippen molar-refractivity contribution in [2.75, 3.05) is 31.6 Å². The minimum atomic E-state index is 0.607. The molecular formula is C18H20N4OS. The van der Waals surface area contributed by atoms with Gasteiger partial charge in [-0.25, -0.2) is 4.98 Å². The van der Waals surface area contributed by atoms with E-state index in [1.165, 1.54) is 24.4 Å². The molecular weight excluding hydrogens is 320 g/mol. The van der Waals surface area contributed by atoms with Crippen molar-refractivity contribution in [1.29, 1.82) is 0 Å². The van der Waals surface area contributed by atoms with Crippen molar-refractivity contribution in [3.8, 4) is 5.75 Å². The average molecular weight is 340 g/mol. The van der Waals surface area contributed by atoms with Crippen molar-refractivity contribution in [3.63, 3.8) is 0 Å². The summed E-state index contributed by atoms with van der Waals surface area (Å²) >= 11 is 1.44. The average Bonchev–Trinajstić information content (AvgIpc) is 3.24. The van der Waals surface area contributed by atoms with Crippen LogP contribution in [0, 0.1) is 5.92 Å². The van der Waals surface area contributed by atoms with Crippen LogP contribution in [0.25, 0.3) is 21.1 Å². The number of nitrogens with zero attached hydrogens (tertiary/aromatic N) is 3. The van der Waals surface area contributed by atoms with Crippen LogP contribution in [-0.2, 0) is 0 Å². The first-order valence-electron chi connectivity index (χ1n) is 8.54. The highest BCUT2D eigenvalue weighted by Crippen LogP contribution is 2.39. The second kappa shape index (κ2) is 5.57. The molecule has 0 amide bonds. The molecule has 5 nitrogen and oxygen atoms in total. The number of rotatable bonds is 2. The fourth-order valence-electron chi connectivity index (χ4n) is 4.20. The molecule has 0 saturated carbocycles. The first kappa shape index (κ1) is 14.4. The lowest BCUT2D eigenvalue weighted by Gasteiger charge is -2.24. The molecule has 4 heterocycles. The summed E-state index contributed by atoms with van der Waals surface area (Å²) in [6, 6.07) is 7.10. The molecule has 2 aliphatic rings. The molecule has 2 atom stereocenters. The first-order valence-corrected chi connectivity index (χ1v) is 9.31. The van der Waals surface area contributed by atoms with Crippen LogP contribution in [0.5, 0.6) is 5.75 Å². The van der Waals surface area contributed by atoms with Gasteiger partial charge in [0.25, 0.3) is 0 Å². The highest BCUT2D eigenvalue weighted by atomic mass is 32.1. The van der Waals surface area contributed by atoms with Gasteiger partial charge in [-0.3, -0.25) is 0 Å². The Bertz CT molecular complexity index is 895. The van der Waals surface area contributed by atoms with Crippen molar-refractivity contribution in [2.24, 2.45) is 5.92 Å². The van der Waals surface area contributed by atoms with Gasteiger partial charge >= 0.3 is 0 Å². The zero-order valence-corrected chi connectivity index (χ0v) is 14.5. The maximum Gasteiger partial charge on any atom is 0.168 e. The third-order valence-electron chi connectivity index (χ3n) is 5.39. The van der Waals surface area contributed by atoms with Gasteiger partial charge in [-0.2, -0.15) is 4.37 Å². The Kier molecular flexibility index (Phi) is 3.35. The monoisotopic (exact) mass is 340 g/mol. The lowest BCUT2D eigenvalue weighted by atomic mass is 9.94.